The first kappa shape index (κ1) is 15.2. The van der Waals surface area contributed by atoms with Gasteiger partial charge in [-0.3, -0.25) is 0 Å². The van der Waals surface area contributed by atoms with E-state index in [0.29, 0.717) is 17.2 Å². The zero-order chi connectivity index (χ0) is 17.2. The summed E-state index contributed by atoms with van der Waals surface area (Å²) in [6, 6.07) is 25.8. The second-order valence-corrected chi connectivity index (χ2v) is 6.04. The molecule has 3 heteroatoms. The number of nitrogens with two attached hydrogens (primary N) is 1. The number of benzene rings is 3. The predicted molar refractivity (Wildman–Crippen MR) is 103 cm³/mol. The summed E-state index contributed by atoms with van der Waals surface area (Å²) in [6.07, 6.45) is 0. The van der Waals surface area contributed by atoms with Gasteiger partial charge in [-0.05, 0) is 37.3 Å². The van der Waals surface area contributed by atoms with Crippen LogP contribution in [0.5, 0.6) is 11.5 Å². The van der Waals surface area contributed by atoms with Gasteiger partial charge in [-0.2, -0.15) is 0 Å². The first-order chi connectivity index (χ1) is 12.2. The third-order valence-electron chi connectivity index (χ3n) is 4.12. The van der Waals surface area contributed by atoms with Gasteiger partial charge >= 0.3 is 0 Å². The van der Waals surface area contributed by atoms with Crippen molar-refractivity contribution in [3.05, 3.63) is 84.4 Å². The van der Waals surface area contributed by atoms with Crippen molar-refractivity contribution in [2.24, 2.45) is 0 Å². The zero-order valence-corrected chi connectivity index (χ0v) is 13.9. The summed E-state index contributed by atoms with van der Waals surface area (Å²) in [5, 5.41) is 1.03. The molecule has 3 nitrogen and oxygen atoms in total. The standard InChI is InChI=1S/C22H18N2O/c1-15-7-6-9-17(13-15)22-21(25-20-12-5-3-10-18(20)23)14-16-8-2-4-11-19(16)24-22/h2-14H,23H2,1H3. The van der Waals surface area contributed by atoms with Crippen LogP contribution >= 0.6 is 0 Å². The number of hydrogen-bond acceptors (Lipinski definition) is 3. The number of ether oxygens (including phenoxy) is 1. The van der Waals surface area contributed by atoms with Crippen LogP contribution in [0.2, 0.25) is 0 Å². The molecule has 0 fully saturated rings. The summed E-state index contributed by atoms with van der Waals surface area (Å²) in [4.78, 5) is 4.85. The van der Waals surface area contributed by atoms with E-state index in [0.717, 1.165) is 22.2 Å². The lowest BCUT2D eigenvalue weighted by atomic mass is 10.1. The van der Waals surface area contributed by atoms with Crippen molar-refractivity contribution in [3.63, 3.8) is 0 Å². The number of nitrogens with zero attached hydrogens (tertiary/aromatic N) is 1. The fourth-order valence-corrected chi connectivity index (χ4v) is 2.87. The lowest BCUT2D eigenvalue weighted by Gasteiger charge is -2.14. The topological polar surface area (TPSA) is 48.1 Å². The third-order valence-corrected chi connectivity index (χ3v) is 4.12. The number of fused-ring (bicyclic) bond motifs is 1. The molecule has 1 heterocycles. The van der Waals surface area contributed by atoms with E-state index in [1.165, 1.54) is 5.56 Å². The summed E-state index contributed by atoms with van der Waals surface area (Å²) in [7, 11) is 0. The van der Waals surface area contributed by atoms with Gasteiger partial charge in [0.1, 0.15) is 11.4 Å². The number of anilines is 1. The Morgan fingerprint density at radius 1 is 0.800 bits per heavy atom. The molecule has 0 atom stereocenters. The quantitative estimate of drug-likeness (QED) is 0.500. The molecule has 0 aliphatic rings. The molecular formula is C22H18N2O. The van der Waals surface area contributed by atoms with Crippen LogP contribution in [-0.2, 0) is 0 Å². The van der Waals surface area contributed by atoms with E-state index >= 15 is 0 Å². The van der Waals surface area contributed by atoms with Crippen LogP contribution in [-0.4, -0.2) is 4.98 Å². The highest BCUT2D eigenvalue weighted by molar-refractivity contribution is 5.85. The molecule has 25 heavy (non-hydrogen) atoms. The lowest BCUT2D eigenvalue weighted by molar-refractivity contribution is 0.486. The Kier molecular flexibility index (Phi) is 3.82. The largest absolute Gasteiger partial charge is 0.453 e. The highest BCUT2D eigenvalue weighted by atomic mass is 16.5. The Morgan fingerprint density at radius 3 is 2.44 bits per heavy atom. The molecule has 0 spiro atoms. The van der Waals surface area contributed by atoms with Gasteiger partial charge in [-0.15, -0.1) is 0 Å². The van der Waals surface area contributed by atoms with Crippen LogP contribution < -0.4 is 10.5 Å². The summed E-state index contributed by atoms with van der Waals surface area (Å²) >= 11 is 0. The van der Waals surface area contributed by atoms with Crippen molar-refractivity contribution in [1.29, 1.82) is 0 Å². The van der Waals surface area contributed by atoms with Gasteiger partial charge in [-0.1, -0.05) is 54.1 Å². The molecule has 2 N–H and O–H groups in total. The maximum absolute atomic E-state index is 6.16. The van der Waals surface area contributed by atoms with Crippen LogP contribution in [0.4, 0.5) is 5.69 Å². The first-order valence-electron chi connectivity index (χ1n) is 8.20. The number of nitrogen functional groups attached to an aromatic ring is 1. The van der Waals surface area contributed by atoms with Crippen LogP contribution in [0.3, 0.4) is 0 Å². The maximum atomic E-state index is 6.16. The van der Waals surface area contributed by atoms with Crippen LogP contribution in [0.25, 0.3) is 22.2 Å². The Balaban J connectivity index is 1.91. The Hall–Kier alpha value is -3.33. The van der Waals surface area contributed by atoms with Crippen molar-refractivity contribution < 1.29 is 4.74 Å². The van der Waals surface area contributed by atoms with Gasteiger partial charge < -0.3 is 10.5 Å². The molecule has 0 saturated carbocycles. The van der Waals surface area contributed by atoms with E-state index < -0.39 is 0 Å². The van der Waals surface area contributed by atoms with E-state index in [9.17, 15) is 0 Å². The summed E-state index contributed by atoms with van der Waals surface area (Å²) in [6.45, 7) is 2.07. The molecule has 0 unspecified atom stereocenters. The van der Waals surface area contributed by atoms with Crippen molar-refractivity contribution in [2.75, 3.05) is 5.73 Å². The van der Waals surface area contributed by atoms with Gasteiger partial charge in [0.2, 0.25) is 0 Å². The lowest BCUT2D eigenvalue weighted by Crippen LogP contribution is -1.96. The first-order valence-corrected chi connectivity index (χ1v) is 8.20. The van der Waals surface area contributed by atoms with E-state index in [1.54, 1.807) is 0 Å². The number of aryl methyl sites for hydroxylation is 1. The summed E-state index contributed by atoms with van der Waals surface area (Å²) in [5.74, 6) is 1.33. The summed E-state index contributed by atoms with van der Waals surface area (Å²) < 4.78 is 6.16. The van der Waals surface area contributed by atoms with Crippen molar-refractivity contribution >= 4 is 16.6 Å². The fraction of sp³-hybridized carbons (Fsp3) is 0.0455. The summed E-state index contributed by atoms with van der Waals surface area (Å²) in [5.41, 5.74) is 10.6. The highest BCUT2D eigenvalue weighted by Gasteiger charge is 2.13. The monoisotopic (exact) mass is 326 g/mol. The Bertz CT molecular complexity index is 1060. The molecule has 3 aromatic carbocycles. The second-order valence-electron chi connectivity index (χ2n) is 6.04. The van der Waals surface area contributed by atoms with Crippen molar-refractivity contribution in [1.82, 2.24) is 4.98 Å². The van der Waals surface area contributed by atoms with Crippen LogP contribution in [0.1, 0.15) is 5.56 Å². The minimum Gasteiger partial charge on any atom is -0.453 e. The number of rotatable bonds is 3. The van der Waals surface area contributed by atoms with Gasteiger partial charge in [-0.25, -0.2) is 4.98 Å². The molecular weight excluding hydrogens is 308 g/mol. The second kappa shape index (κ2) is 6.29. The molecule has 0 bridgehead atoms. The predicted octanol–water partition coefficient (Wildman–Crippen LogP) is 5.58. The van der Waals surface area contributed by atoms with Gasteiger partial charge in [0, 0.05) is 10.9 Å². The molecule has 0 aliphatic heterocycles. The van der Waals surface area contributed by atoms with E-state index in [1.807, 2.05) is 66.7 Å². The Labute approximate surface area is 146 Å². The van der Waals surface area contributed by atoms with E-state index in [-0.39, 0.29) is 0 Å². The molecule has 0 saturated heterocycles. The average molecular weight is 326 g/mol. The minimum absolute atomic E-state index is 0.603. The van der Waals surface area contributed by atoms with Crippen molar-refractivity contribution in [3.8, 4) is 22.8 Å². The van der Waals surface area contributed by atoms with Crippen LogP contribution in [0, 0.1) is 6.92 Å². The van der Waals surface area contributed by atoms with Gasteiger partial charge in [0.05, 0.1) is 11.2 Å². The molecule has 4 aromatic rings. The van der Waals surface area contributed by atoms with E-state index in [4.69, 9.17) is 15.5 Å². The Morgan fingerprint density at radius 2 is 1.60 bits per heavy atom. The molecule has 0 radical (unpaired) electrons. The number of pyridine rings is 1. The SMILES string of the molecule is Cc1cccc(-c2nc3ccccc3cc2Oc2ccccc2N)c1. The molecule has 1 aromatic heterocycles. The number of aromatic nitrogens is 1. The zero-order valence-electron chi connectivity index (χ0n) is 13.9. The third kappa shape index (κ3) is 3.04. The molecule has 0 aliphatic carbocycles. The normalized spacial score (nSPS) is 10.8. The fourth-order valence-electron chi connectivity index (χ4n) is 2.87. The highest BCUT2D eigenvalue weighted by Crippen LogP contribution is 2.36. The van der Waals surface area contributed by atoms with E-state index in [2.05, 4.69) is 19.1 Å². The average Bonchev–Trinajstić information content (AvgIpc) is 2.63. The molecule has 122 valence electrons. The van der Waals surface area contributed by atoms with Gasteiger partial charge in [0.25, 0.3) is 0 Å². The maximum Gasteiger partial charge on any atom is 0.154 e. The molecule has 0 amide bonds. The smallest absolute Gasteiger partial charge is 0.154 e. The van der Waals surface area contributed by atoms with Crippen LogP contribution in [0.15, 0.2) is 78.9 Å². The number of hydrogen-bond donors (Lipinski definition) is 1. The van der Waals surface area contributed by atoms with Crippen molar-refractivity contribution in [2.45, 2.75) is 6.92 Å². The van der Waals surface area contributed by atoms with Gasteiger partial charge in [0.15, 0.2) is 5.75 Å². The number of para-hydroxylation sites is 3. The molecule has 4 rings (SSSR count). The minimum atomic E-state index is 0.603.